The van der Waals surface area contributed by atoms with Crippen LogP contribution < -0.4 is 5.73 Å². The summed E-state index contributed by atoms with van der Waals surface area (Å²) in [5.74, 6) is -0.311. The number of carbonyl (C=O) groups is 1. The van der Waals surface area contributed by atoms with Gasteiger partial charge < -0.3 is 10.6 Å². The molecule has 0 fully saturated rings. The lowest BCUT2D eigenvalue weighted by molar-refractivity contribution is -0.134. The van der Waals surface area contributed by atoms with Crippen molar-refractivity contribution in [2.45, 2.75) is 45.7 Å². The van der Waals surface area contributed by atoms with Gasteiger partial charge in [0.1, 0.15) is 5.82 Å². The third-order valence-electron chi connectivity index (χ3n) is 3.36. The molecule has 0 aliphatic heterocycles. The van der Waals surface area contributed by atoms with Gasteiger partial charge in [-0.05, 0) is 38.0 Å². The van der Waals surface area contributed by atoms with Crippen molar-refractivity contribution in [1.82, 2.24) is 4.90 Å². The fraction of sp³-hybridized carbons (Fsp3) is 0.533. The second-order valence-corrected chi connectivity index (χ2v) is 4.75. The Labute approximate surface area is 114 Å². The second-order valence-electron chi connectivity index (χ2n) is 4.75. The first-order chi connectivity index (χ1) is 9.01. The van der Waals surface area contributed by atoms with Gasteiger partial charge in [-0.1, -0.05) is 25.5 Å². The number of halogens is 1. The molecule has 0 aliphatic rings. The molecule has 0 saturated carbocycles. The molecule has 106 valence electrons. The summed E-state index contributed by atoms with van der Waals surface area (Å²) >= 11 is 0. The van der Waals surface area contributed by atoms with Crippen LogP contribution in [0.5, 0.6) is 0 Å². The van der Waals surface area contributed by atoms with Gasteiger partial charge in [0, 0.05) is 6.54 Å². The molecule has 0 aromatic heterocycles. The summed E-state index contributed by atoms with van der Waals surface area (Å²) in [5, 5.41) is 0. The van der Waals surface area contributed by atoms with E-state index in [0.717, 1.165) is 12.0 Å². The molecule has 0 bridgehead atoms. The number of amides is 1. The van der Waals surface area contributed by atoms with Gasteiger partial charge >= 0.3 is 0 Å². The van der Waals surface area contributed by atoms with Crippen molar-refractivity contribution in [3.8, 4) is 0 Å². The molecule has 3 nitrogen and oxygen atoms in total. The van der Waals surface area contributed by atoms with Crippen LogP contribution in [0, 0.1) is 5.82 Å². The molecule has 0 spiro atoms. The molecule has 1 rings (SSSR count). The highest BCUT2D eigenvalue weighted by molar-refractivity contribution is 5.82. The summed E-state index contributed by atoms with van der Waals surface area (Å²) in [6, 6.07) is 5.70. The quantitative estimate of drug-likeness (QED) is 0.860. The maximum absolute atomic E-state index is 12.9. The van der Waals surface area contributed by atoms with Crippen LogP contribution >= 0.6 is 0 Å². The van der Waals surface area contributed by atoms with Gasteiger partial charge in [-0.3, -0.25) is 4.79 Å². The van der Waals surface area contributed by atoms with E-state index in [1.165, 1.54) is 12.1 Å². The van der Waals surface area contributed by atoms with Crippen LogP contribution in [0.4, 0.5) is 4.39 Å². The Kier molecular flexibility index (Phi) is 5.96. The minimum Gasteiger partial charge on any atom is -0.335 e. The van der Waals surface area contributed by atoms with Crippen molar-refractivity contribution in [2.24, 2.45) is 5.73 Å². The first-order valence-electron chi connectivity index (χ1n) is 6.82. The Bertz CT molecular complexity index is 405. The summed E-state index contributed by atoms with van der Waals surface area (Å²) < 4.78 is 12.9. The van der Waals surface area contributed by atoms with Crippen LogP contribution in [-0.4, -0.2) is 23.4 Å². The molecular formula is C15H23FN2O. The first kappa shape index (κ1) is 15.6. The number of likely N-dealkylation sites (N-methyl/N-ethyl adjacent to an activating group) is 1. The van der Waals surface area contributed by atoms with Crippen LogP contribution in [-0.2, 0) is 4.79 Å². The van der Waals surface area contributed by atoms with Gasteiger partial charge in [0.25, 0.3) is 0 Å². The van der Waals surface area contributed by atoms with Crippen LogP contribution in [0.1, 0.15) is 45.2 Å². The van der Waals surface area contributed by atoms with Gasteiger partial charge in [-0.25, -0.2) is 4.39 Å². The minimum absolute atomic E-state index is 0.0406. The fourth-order valence-electron chi connectivity index (χ4n) is 2.19. The van der Waals surface area contributed by atoms with Crippen molar-refractivity contribution in [3.63, 3.8) is 0 Å². The van der Waals surface area contributed by atoms with E-state index in [2.05, 4.69) is 0 Å². The normalized spacial score (nSPS) is 13.9. The summed E-state index contributed by atoms with van der Waals surface area (Å²) in [6.45, 7) is 6.46. The van der Waals surface area contributed by atoms with E-state index in [1.54, 1.807) is 17.0 Å². The van der Waals surface area contributed by atoms with E-state index in [0.29, 0.717) is 13.0 Å². The van der Waals surface area contributed by atoms with Crippen LogP contribution in [0.15, 0.2) is 24.3 Å². The summed E-state index contributed by atoms with van der Waals surface area (Å²) in [5.41, 5.74) is 6.81. The van der Waals surface area contributed by atoms with E-state index in [1.807, 2.05) is 20.8 Å². The van der Waals surface area contributed by atoms with Crippen molar-refractivity contribution in [1.29, 1.82) is 0 Å². The standard InChI is InChI=1S/C15H23FN2O/c1-4-6-14(17)15(19)18(5-2)11(3)12-7-9-13(16)10-8-12/h7-11,14H,4-6,17H2,1-3H3. The predicted octanol–water partition coefficient (Wildman–Crippen LogP) is 2.86. The number of nitrogens with zero attached hydrogens (tertiary/aromatic N) is 1. The third kappa shape index (κ3) is 4.03. The second kappa shape index (κ2) is 7.24. The number of nitrogens with two attached hydrogens (primary N) is 1. The lowest BCUT2D eigenvalue weighted by Crippen LogP contribution is -2.44. The van der Waals surface area contributed by atoms with Gasteiger partial charge in [0.15, 0.2) is 0 Å². The minimum atomic E-state index is -0.451. The van der Waals surface area contributed by atoms with Gasteiger partial charge in [-0.2, -0.15) is 0 Å². The Morgan fingerprint density at radius 3 is 2.37 bits per heavy atom. The molecule has 0 saturated heterocycles. The largest absolute Gasteiger partial charge is 0.335 e. The zero-order chi connectivity index (χ0) is 14.4. The van der Waals surface area contributed by atoms with Crippen LogP contribution in [0.25, 0.3) is 0 Å². The number of hydrogen-bond donors (Lipinski definition) is 1. The highest BCUT2D eigenvalue weighted by atomic mass is 19.1. The van der Waals surface area contributed by atoms with E-state index < -0.39 is 6.04 Å². The molecule has 4 heteroatoms. The highest BCUT2D eigenvalue weighted by Crippen LogP contribution is 2.21. The molecule has 1 aromatic rings. The maximum Gasteiger partial charge on any atom is 0.239 e. The zero-order valence-corrected chi connectivity index (χ0v) is 11.9. The molecular weight excluding hydrogens is 243 g/mol. The number of benzene rings is 1. The van der Waals surface area contributed by atoms with Crippen LogP contribution in [0.2, 0.25) is 0 Å². The third-order valence-corrected chi connectivity index (χ3v) is 3.36. The summed E-state index contributed by atoms with van der Waals surface area (Å²) in [7, 11) is 0. The number of hydrogen-bond acceptors (Lipinski definition) is 2. The Morgan fingerprint density at radius 2 is 1.89 bits per heavy atom. The molecule has 0 radical (unpaired) electrons. The van der Waals surface area contributed by atoms with E-state index >= 15 is 0 Å². The molecule has 0 aliphatic carbocycles. The molecule has 1 aromatic carbocycles. The lowest BCUT2D eigenvalue weighted by Gasteiger charge is -2.30. The Balaban J connectivity index is 2.84. The molecule has 2 N–H and O–H groups in total. The van der Waals surface area contributed by atoms with E-state index in [-0.39, 0.29) is 17.8 Å². The molecule has 1 amide bonds. The van der Waals surface area contributed by atoms with Gasteiger partial charge in [0.2, 0.25) is 5.91 Å². The smallest absolute Gasteiger partial charge is 0.239 e. The molecule has 19 heavy (non-hydrogen) atoms. The topological polar surface area (TPSA) is 46.3 Å². The predicted molar refractivity (Wildman–Crippen MR) is 75.1 cm³/mol. The van der Waals surface area contributed by atoms with Crippen LogP contribution in [0.3, 0.4) is 0 Å². The zero-order valence-electron chi connectivity index (χ0n) is 11.9. The molecule has 0 heterocycles. The fourth-order valence-corrected chi connectivity index (χ4v) is 2.19. The van der Waals surface area contributed by atoms with Crippen molar-refractivity contribution >= 4 is 5.91 Å². The Morgan fingerprint density at radius 1 is 1.32 bits per heavy atom. The Hall–Kier alpha value is -1.42. The number of rotatable bonds is 6. The first-order valence-corrected chi connectivity index (χ1v) is 6.82. The maximum atomic E-state index is 12.9. The average molecular weight is 266 g/mol. The van der Waals surface area contributed by atoms with Crippen molar-refractivity contribution in [3.05, 3.63) is 35.6 Å². The van der Waals surface area contributed by atoms with Crippen molar-refractivity contribution < 1.29 is 9.18 Å². The highest BCUT2D eigenvalue weighted by Gasteiger charge is 2.24. The summed E-state index contributed by atoms with van der Waals surface area (Å²) in [4.78, 5) is 14.0. The van der Waals surface area contributed by atoms with E-state index in [4.69, 9.17) is 5.73 Å². The van der Waals surface area contributed by atoms with Crippen molar-refractivity contribution in [2.75, 3.05) is 6.54 Å². The lowest BCUT2D eigenvalue weighted by atomic mass is 10.0. The SMILES string of the molecule is CCCC(N)C(=O)N(CC)C(C)c1ccc(F)cc1. The molecule has 2 atom stereocenters. The number of carbonyl (C=O) groups excluding carboxylic acids is 1. The average Bonchev–Trinajstić information content (AvgIpc) is 2.40. The van der Waals surface area contributed by atoms with E-state index in [9.17, 15) is 9.18 Å². The summed E-state index contributed by atoms with van der Waals surface area (Å²) in [6.07, 6.45) is 1.57. The van der Waals surface area contributed by atoms with Gasteiger partial charge in [0.05, 0.1) is 12.1 Å². The molecule has 2 unspecified atom stereocenters. The van der Waals surface area contributed by atoms with Gasteiger partial charge in [-0.15, -0.1) is 0 Å². The monoisotopic (exact) mass is 266 g/mol.